The molecule has 0 fully saturated rings. The minimum absolute atomic E-state index is 0.501. The lowest BCUT2D eigenvalue weighted by atomic mass is 9.88. The van der Waals surface area contributed by atoms with Crippen molar-refractivity contribution in [1.82, 2.24) is 0 Å². The second-order valence-electron chi connectivity index (χ2n) is 7.30. The monoisotopic (exact) mass is 356 g/mol. The Balaban J connectivity index is 1.91. The third-order valence-electron chi connectivity index (χ3n) is 4.49. The summed E-state index contributed by atoms with van der Waals surface area (Å²) in [4.78, 5) is 11.1. The smallest absolute Gasteiger partial charge is 0.309 e. The fraction of sp³-hybridized carbons (Fsp3) is 0.409. The van der Waals surface area contributed by atoms with Crippen molar-refractivity contribution >= 4 is 5.97 Å². The molecule has 0 spiro atoms. The number of ether oxygens (including phenoxy) is 2. The summed E-state index contributed by atoms with van der Waals surface area (Å²) in [6.45, 7) is 8.51. The van der Waals surface area contributed by atoms with E-state index in [1.54, 1.807) is 13.8 Å². The Morgan fingerprint density at radius 3 is 2.15 bits per heavy atom. The van der Waals surface area contributed by atoms with Crippen molar-refractivity contribution in [1.29, 1.82) is 0 Å². The topological polar surface area (TPSA) is 55.8 Å². The van der Waals surface area contributed by atoms with Gasteiger partial charge in [0.1, 0.15) is 18.1 Å². The third kappa shape index (κ3) is 5.51. The van der Waals surface area contributed by atoms with Gasteiger partial charge in [0.15, 0.2) is 0 Å². The molecule has 4 heteroatoms. The molecule has 0 bridgehead atoms. The number of carboxylic acids is 1. The molecule has 4 nitrogen and oxygen atoms in total. The minimum atomic E-state index is -0.774. The molecule has 0 amide bonds. The Morgan fingerprint density at radius 2 is 1.58 bits per heavy atom. The molecule has 0 aromatic heterocycles. The Morgan fingerprint density at radius 1 is 1.00 bits per heavy atom. The Kier molecular flexibility index (Phi) is 6.67. The fourth-order valence-electron chi connectivity index (χ4n) is 2.61. The quantitative estimate of drug-likeness (QED) is 0.631. The van der Waals surface area contributed by atoms with Crippen molar-refractivity contribution in [2.45, 2.75) is 47.1 Å². The number of carboxylic acid groups (broad SMARTS) is 1. The van der Waals surface area contributed by atoms with Gasteiger partial charge in [0.2, 0.25) is 0 Å². The molecule has 140 valence electrons. The third-order valence-corrected chi connectivity index (χ3v) is 4.49. The minimum Gasteiger partial charge on any atom is -0.493 e. The van der Waals surface area contributed by atoms with Gasteiger partial charge in [-0.3, -0.25) is 4.79 Å². The molecule has 0 saturated heterocycles. The molecule has 0 saturated carbocycles. The number of carbonyl (C=O) groups is 1. The first-order valence-corrected chi connectivity index (χ1v) is 8.94. The molecule has 2 rings (SSSR count). The summed E-state index contributed by atoms with van der Waals surface area (Å²) in [5.41, 5.74) is 2.44. The van der Waals surface area contributed by atoms with Crippen LogP contribution in [0.15, 0.2) is 42.5 Å². The molecule has 26 heavy (non-hydrogen) atoms. The molecule has 2 aromatic rings. The molecule has 0 radical (unpaired) electrons. The van der Waals surface area contributed by atoms with Gasteiger partial charge in [-0.2, -0.15) is 0 Å². The summed E-state index contributed by atoms with van der Waals surface area (Å²) in [5, 5.41) is 9.15. The van der Waals surface area contributed by atoms with Gasteiger partial charge in [-0.05, 0) is 69.4 Å². The largest absolute Gasteiger partial charge is 0.493 e. The van der Waals surface area contributed by atoms with E-state index in [9.17, 15) is 4.79 Å². The van der Waals surface area contributed by atoms with Crippen LogP contribution in [0.3, 0.4) is 0 Å². The maximum atomic E-state index is 11.1. The van der Waals surface area contributed by atoms with Crippen LogP contribution in [0.4, 0.5) is 0 Å². The van der Waals surface area contributed by atoms with Gasteiger partial charge in [-0.25, -0.2) is 0 Å². The number of aliphatic carboxylic acids is 1. The summed E-state index contributed by atoms with van der Waals surface area (Å²) >= 11 is 0. The maximum Gasteiger partial charge on any atom is 0.309 e. The van der Waals surface area contributed by atoms with Crippen LogP contribution in [0, 0.1) is 19.3 Å². The summed E-state index contributed by atoms with van der Waals surface area (Å²) < 4.78 is 11.8. The van der Waals surface area contributed by atoms with Gasteiger partial charge in [-0.15, -0.1) is 0 Å². The fourth-order valence-corrected chi connectivity index (χ4v) is 2.61. The van der Waals surface area contributed by atoms with Crippen molar-refractivity contribution in [3.05, 3.63) is 59.2 Å². The van der Waals surface area contributed by atoms with Gasteiger partial charge < -0.3 is 14.6 Å². The Hall–Kier alpha value is -2.49. The summed E-state index contributed by atoms with van der Waals surface area (Å²) in [6, 6.07) is 14.0. The van der Waals surface area contributed by atoms with Gasteiger partial charge in [0.05, 0.1) is 12.0 Å². The number of benzene rings is 2. The van der Waals surface area contributed by atoms with Crippen LogP contribution in [0.2, 0.25) is 0 Å². The van der Waals surface area contributed by atoms with E-state index >= 15 is 0 Å². The lowest BCUT2D eigenvalue weighted by Crippen LogP contribution is -2.24. The first-order valence-electron chi connectivity index (χ1n) is 8.94. The molecule has 0 atom stereocenters. The van der Waals surface area contributed by atoms with Gasteiger partial charge in [-0.1, -0.05) is 30.3 Å². The van der Waals surface area contributed by atoms with Crippen LogP contribution in [0.1, 0.15) is 43.4 Å². The van der Waals surface area contributed by atoms with Crippen LogP contribution in [-0.2, 0) is 11.4 Å². The number of hydrogen-bond donors (Lipinski definition) is 1. The van der Waals surface area contributed by atoms with E-state index in [0.29, 0.717) is 26.1 Å². The molecule has 2 aromatic carbocycles. The molecule has 0 heterocycles. The Labute approximate surface area is 155 Å². The molecule has 0 aliphatic heterocycles. The molecular formula is C22H28O4. The van der Waals surface area contributed by atoms with E-state index in [1.807, 2.05) is 56.3 Å². The number of hydrogen-bond acceptors (Lipinski definition) is 3. The molecule has 1 N–H and O–H groups in total. The highest BCUT2D eigenvalue weighted by molar-refractivity contribution is 5.73. The number of rotatable bonds is 9. The molecular weight excluding hydrogens is 328 g/mol. The lowest BCUT2D eigenvalue weighted by Gasteiger charge is -2.19. The molecule has 0 aliphatic rings. The van der Waals surface area contributed by atoms with E-state index in [-0.39, 0.29) is 0 Å². The van der Waals surface area contributed by atoms with Crippen molar-refractivity contribution in [3.63, 3.8) is 0 Å². The second-order valence-corrected chi connectivity index (χ2v) is 7.30. The first kappa shape index (κ1) is 19.8. The van der Waals surface area contributed by atoms with E-state index < -0.39 is 11.4 Å². The van der Waals surface area contributed by atoms with Crippen molar-refractivity contribution in [3.8, 4) is 11.5 Å². The van der Waals surface area contributed by atoms with Gasteiger partial charge in [0.25, 0.3) is 0 Å². The normalized spacial score (nSPS) is 11.2. The van der Waals surface area contributed by atoms with Crippen LogP contribution in [-0.4, -0.2) is 17.7 Å². The standard InChI is InChI=1S/C22H28O4/c1-16-14-20(26-15-18-9-6-5-7-10-18)17(2)13-19(16)25-12-8-11-22(3,4)21(23)24/h5-7,9-10,13-14H,8,11-12,15H2,1-4H3,(H,23,24). The van der Waals surface area contributed by atoms with Crippen LogP contribution in [0.5, 0.6) is 11.5 Å². The van der Waals surface area contributed by atoms with E-state index in [0.717, 1.165) is 28.2 Å². The predicted octanol–water partition coefficient (Wildman–Crippen LogP) is 5.15. The van der Waals surface area contributed by atoms with Crippen LogP contribution < -0.4 is 9.47 Å². The van der Waals surface area contributed by atoms with Gasteiger partial charge in [0, 0.05) is 0 Å². The average Bonchev–Trinajstić information content (AvgIpc) is 2.60. The zero-order valence-corrected chi connectivity index (χ0v) is 16.0. The summed E-state index contributed by atoms with van der Waals surface area (Å²) in [6.07, 6.45) is 1.28. The van der Waals surface area contributed by atoms with Crippen molar-refractivity contribution in [2.24, 2.45) is 5.41 Å². The van der Waals surface area contributed by atoms with Crippen molar-refractivity contribution < 1.29 is 19.4 Å². The zero-order valence-electron chi connectivity index (χ0n) is 16.0. The Bertz CT molecular complexity index is 735. The van der Waals surface area contributed by atoms with Gasteiger partial charge >= 0.3 is 5.97 Å². The molecule has 0 aliphatic carbocycles. The highest BCUT2D eigenvalue weighted by Crippen LogP contribution is 2.29. The first-order chi connectivity index (χ1) is 12.3. The highest BCUT2D eigenvalue weighted by atomic mass is 16.5. The number of aryl methyl sites for hydroxylation is 2. The second kappa shape index (κ2) is 8.75. The van der Waals surface area contributed by atoms with Crippen molar-refractivity contribution in [2.75, 3.05) is 6.61 Å². The highest BCUT2D eigenvalue weighted by Gasteiger charge is 2.26. The van der Waals surface area contributed by atoms with Crippen LogP contribution in [0.25, 0.3) is 0 Å². The lowest BCUT2D eigenvalue weighted by molar-refractivity contribution is -0.147. The predicted molar refractivity (Wildman–Crippen MR) is 103 cm³/mol. The SMILES string of the molecule is Cc1cc(OCc2ccccc2)c(C)cc1OCCCC(C)(C)C(=O)O. The van der Waals surface area contributed by atoms with E-state index in [2.05, 4.69) is 0 Å². The summed E-state index contributed by atoms with van der Waals surface area (Å²) in [5.74, 6) is 0.901. The van der Waals surface area contributed by atoms with E-state index in [4.69, 9.17) is 14.6 Å². The maximum absolute atomic E-state index is 11.1. The molecule has 0 unspecified atom stereocenters. The van der Waals surface area contributed by atoms with Crippen LogP contribution >= 0.6 is 0 Å². The average molecular weight is 356 g/mol. The zero-order chi connectivity index (χ0) is 19.2. The summed E-state index contributed by atoms with van der Waals surface area (Å²) in [7, 11) is 0. The van der Waals surface area contributed by atoms with E-state index in [1.165, 1.54) is 0 Å².